The third-order valence-electron chi connectivity index (χ3n) is 3.66. The Hall–Kier alpha value is -1.30. The lowest BCUT2D eigenvalue weighted by atomic mass is 9.91. The molecule has 0 saturated carbocycles. The minimum absolute atomic E-state index is 0.0518. The van der Waals surface area contributed by atoms with Crippen LogP contribution in [0.2, 0.25) is 0 Å². The Balaban J connectivity index is 3.27. The lowest BCUT2D eigenvalue weighted by Gasteiger charge is -2.38. The van der Waals surface area contributed by atoms with Crippen LogP contribution in [0.15, 0.2) is 4.99 Å². The van der Waals surface area contributed by atoms with Crippen LogP contribution >= 0.6 is 0 Å². The van der Waals surface area contributed by atoms with Gasteiger partial charge in [0.2, 0.25) is 5.90 Å². The molecule has 1 N–H and O–H groups in total. The fourth-order valence-corrected chi connectivity index (χ4v) is 2.52. The average molecular weight is 328 g/mol. The number of aliphatic imine (C=N–C) groups is 1. The molecule has 1 aliphatic rings. The highest BCUT2D eigenvalue weighted by Crippen LogP contribution is 2.35. The van der Waals surface area contributed by atoms with Gasteiger partial charge in [0.25, 0.3) is 0 Å². The van der Waals surface area contributed by atoms with E-state index >= 15 is 0 Å². The second kappa shape index (κ2) is 6.67. The summed E-state index contributed by atoms with van der Waals surface area (Å²) < 4.78 is 10.9. The molecular formula is C17H32N2O4. The molecule has 0 saturated heterocycles. The largest absolute Gasteiger partial charge is 0.483 e. The minimum atomic E-state index is -0.784. The summed E-state index contributed by atoms with van der Waals surface area (Å²) in [4.78, 5) is 18.9. The number of amides is 1. The van der Waals surface area contributed by atoms with Crippen LogP contribution in [-0.2, 0) is 9.47 Å². The molecule has 0 unspecified atom stereocenters. The Kier molecular flexibility index (Phi) is 5.73. The maximum atomic E-state index is 12.8. The number of methoxy groups -OCH3 is 1. The Morgan fingerprint density at radius 1 is 1.22 bits per heavy atom. The summed E-state index contributed by atoms with van der Waals surface area (Å²) in [6.45, 7) is 15.2. The zero-order valence-corrected chi connectivity index (χ0v) is 15.9. The van der Waals surface area contributed by atoms with E-state index in [-0.39, 0.29) is 11.3 Å². The number of carbonyl (C=O) groups excluding carboxylic acids is 1. The predicted molar refractivity (Wildman–Crippen MR) is 90.4 cm³/mol. The molecule has 0 spiro atoms. The molecule has 23 heavy (non-hydrogen) atoms. The molecule has 0 bridgehead atoms. The van der Waals surface area contributed by atoms with Crippen molar-refractivity contribution in [1.82, 2.24) is 4.90 Å². The number of ether oxygens (including phenoxy) is 2. The van der Waals surface area contributed by atoms with Crippen LogP contribution in [0.5, 0.6) is 0 Å². The molecule has 6 nitrogen and oxygen atoms in total. The quantitative estimate of drug-likeness (QED) is 0.846. The summed E-state index contributed by atoms with van der Waals surface area (Å²) in [6.07, 6.45) is -1.72. The molecule has 0 aromatic carbocycles. The van der Waals surface area contributed by atoms with Crippen molar-refractivity contribution in [3.05, 3.63) is 0 Å². The van der Waals surface area contributed by atoms with Crippen LogP contribution in [0, 0.1) is 11.3 Å². The van der Waals surface area contributed by atoms with Crippen LogP contribution in [0.25, 0.3) is 0 Å². The summed E-state index contributed by atoms with van der Waals surface area (Å²) in [6, 6.07) is -0.640. The van der Waals surface area contributed by atoms with E-state index in [2.05, 4.69) is 4.99 Å². The van der Waals surface area contributed by atoms with Crippen LogP contribution in [0.3, 0.4) is 0 Å². The standard InChI is InChI=1S/C17H32N2O4/c1-10(2)12(20)11-13(22-9)18-14(16(3,4)5)19(11)15(21)23-17(6,7)8/h10-12,14,20H,1-9H3/t11-,12-,14-/m0/s1. The van der Waals surface area contributed by atoms with Gasteiger partial charge < -0.3 is 14.6 Å². The first-order valence-electron chi connectivity index (χ1n) is 8.10. The second-order valence-corrected chi connectivity index (χ2v) is 8.48. The first-order chi connectivity index (χ1) is 10.3. The van der Waals surface area contributed by atoms with Crippen LogP contribution in [-0.4, -0.2) is 53.0 Å². The SMILES string of the molecule is COC1=N[C@H](C(C)(C)C)N(C(=O)OC(C)(C)C)[C@H]1[C@@H](O)C(C)C. The average Bonchev–Trinajstić information content (AvgIpc) is 2.74. The normalized spacial score (nSPS) is 23.8. The van der Waals surface area contributed by atoms with Gasteiger partial charge in [-0.05, 0) is 26.7 Å². The highest BCUT2D eigenvalue weighted by atomic mass is 16.6. The molecule has 1 aliphatic heterocycles. The molecule has 6 heteroatoms. The summed E-state index contributed by atoms with van der Waals surface area (Å²) in [5, 5.41) is 10.6. The molecule has 1 amide bonds. The highest BCUT2D eigenvalue weighted by molar-refractivity contribution is 5.89. The molecular weight excluding hydrogens is 296 g/mol. The molecule has 3 atom stereocenters. The molecule has 0 aromatic rings. The summed E-state index contributed by atoms with van der Waals surface area (Å²) in [5.41, 5.74) is -0.936. The fraction of sp³-hybridized carbons (Fsp3) is 0.882. The zero-order valence-electron chi connectivity index (χ0n) is 15.9. The van der Waals surface area contributed by atoms with Crippen LogP contribution in [0.4, 0.5) is 4.79 Å². The first-order valence-corrected chi connectivity index (χ1v) is 8.10. The van der Waals surface area contributed by atoms with Gasteiger partial charge in [-0.1, -0.05) is 34.6 Å². The zero-order chi connectivity index (χ0) is 18.2. The van der Waals surface area contributed by atoms with Crippen molar-refractivity contribution in [1.29, 1.82) is 0 Å². The number of hydrogen-bond donors (Lipinski definition) is 1. The van der Waals surface area contributed by atoms with Crippen molar-refractivity contribution in [2.75, 3.05) is 7.11 Å². The Labute approximate surface area is 139 Å². The van der Waals surface area contributed by atoms with Crippen molar-refractivity contribution in [3.63, 3.8) is 0 Å². The lowest BCUT2D eigenvalue weighted by molar-refractivity contribution is -0.0227. The molecule has 0 aliphatic carbocycles. The molecule has 134 valence electrons. The van der Waals surface area contributed by atoms with Crippen LogP contribution in [0.1, 0.15) is 55.4 Å². The summed E-state index contributed by atoms with van der Waals surface area (Å²) >= 11 is 0. The Morgan fingerprint density at radius 2 is 1.74 bits per heavy atom. The number of nitrogens with zero attached hydrogens (tertiary/aromatic N) is 2. The highest BCUT2D eigenvalue weighted by Gasteiger charge is 2.50. The number of carbonyl (C=O) groups is 1. The Morgan fingerprint density at radius 3 is 2.09 bits per heavy atom. The summed E-state index contributed by atoms with van der Waals surface area (Å²) in [5.74, 6) is 0.320. The van der Waals surface area contributed by atoms with Gasteiger partial charge in [-0.15, -0.1) is 0 Å². The number of hydrogen-bond acceptors (Lipinski definition) is 5. The topological polar surface area (TPSA) is 71.4 Å². The Bertz CT molecular complexity index is 460. The predicted octanol–water partition coefficient (Wildman–Crippen LogP) is 3.04. The minimum Gasteiger partial charge on any atom is -0.483 e. The van der Waals surface area contributed by atoms with Gasteiger partial charge in [0.1, 0.15) is 17.8 Å². The van der Waals surface area contributed by atoms with E-state index in [1.54, 1.807) is 0 Å². The van der Waals surface area contributed by atoms with Crippen molar-refractivity contribution in [2.24, 2.45) is 16.3 Å². The monoisotopic (exact) mass is 328 g/mol. The van der Waals surface area contributed by atoms with Gasteiger partial charge in [-0.3, -0.25) is 4.90 Å². The van der Waals surface area contributed by atoms with Gasteiger partial charge in [0.15, 0.2) is 0 Å². The van der Waals surface area contributed by atoms with Gasteiger partial charge in [0, 0.05) is 5.41 Å². The molecule has 0 aromatic heterocycles. The van der Waals surface area contributed by atoms with E-state index in [1.807, 2.05) is 55.4 Å². The third-order valence-corrected chi connectivity index (χ3v) is 3.66. The van der Waals surface area contributed by atoms with Crippen molar-refractivity contribution >= 4 is 12.0 Å². The molecule has 0 fully saturated rings. The maximum absolute atomic E-state index is 12.8. The van der Waals surface area contributed by atoms with Gasteiger partial charge in [-0.2, -0.15) is 0 Å². The number of rotatable bonds is 2. The third kappa shape index (κ3) is 4.59. The molecule has 1 rings (SSSR count). The fourth-order valence-electron chi connectivity index (χ4n) is 2.52. The molecule has 1 heterocycles. The van der Waals surface area contributed by atoms with Gasteiger partial charge >= 0.3 is 6.09 Å². The van der Waals surface area contributed by atoms with E-state index in [4.69, 9.17) is 9.47 Å². The first kappa shape index (κ1) is 19.7. The van der Waals surface area contributed by atoms with E-state index in [9.17, 15) is 9.90 Å². The maximum Gasteiger partial charge on any atom is 0.412 e. The lowest BCUT2D eigenvalue weighted by Crippen LogP contribution is -2.55. The smallest absolute Gasteiger partial charge is 0.412 e. The van der Waals surface area contributed by atoms with Gasteiger partial charge in [0.05, 0.1) is 13.2 Å². The molecule has 0 radical (unpaired) electrons. The van der Waals surface area contributed by atoms with Crippen molar-refractivity contribution in [2.45, 2.75) is 79.3 Å². The van der Waals surface area contributed by atoms with E-state index in [1.165, 1.54) is 12.0 Å². The number of aliphatic hydroxyl groups is 1. The second-order valence-electron chi connectivity index (χ2n) is 8.48. The van der Waals surface area contributed by atoms with Crippen molar-refractivity contribution < 1.29 is 19.4 Å². The van der Waals surface area contributed by atoms with E-state index < -0.39 is 30.0 Å². The van der Waals surface area contributed by atoms with Crippen LogP contribution < -0.4 is 0 Å². The van der Waals surface area contributed by atoms with E-state index in [0.29, 0.717) is 5.90 Å². The number of aliphatic hydroxyl groups excluding tert-OH is 1. The summed E-state index contributed by atoms with van der Waals surface area (Å²) in [7, 11) is 1.51. The van der Waals surface area contributed by atoms with Gasteiger partial charge in [-0.25, -0.2) is 9.79 Å². The van der Waals surface area contributed by atoms with E-state index in [0.717, 1.165) is 0 Å². The van der Waals surface area contributed by atoms with Crippen molar-refractivity contribution in [3.8, 4) is 0 Å².